The predicted molar refractivity (Wildman–Crippen MR) is 102 cm³/mol. The van der Waals surface area contributed by atoms with E-state index in [1.165, 1.54) is 6.92 Å². The molecule has 8 heteroatoms. The summed E-state index contributed by atoms with van der Waals surface area (Å²) in [6.07, 6.45) is -1.26. The molecular formula is C19H28N3O5. The number of nitrogens with zero attached hydrogens (tertiary/aromatic N) is 1. The monoisotopic (exact) mass is 378 g/mol. The summed E-state index contributed by atoms with van der Waals surface area (Å²) in [6.45, 7) is 12.0. The van der Waals surface area contributed by atoms with Gasteiger partial charge in [-0.2, -0.15) is 0 Å². The fourth-order valence-electron chi connectivity index (χ4n) is 1.81. The van der Waals surface area contributed by atoms with Crippen LogP contribution in [-0.2, 0) is 14.3 Å². The molecule has 1 atom stereocenters. The van der Waals surface area contributed by atoms with Gasteiger partial charge in [0.05, 0.1) is 5.69 Å². The highest BCUT2D eigenvalue weighted by Gasteiger charge is 2.22. The van der Waals surface area contributed by atoms with Crippen LogP contribution in [0.25, 0.3) is 0 Å². The molecule has 0 aliphatic rings. The molecule has 0 bridgehead atoms. The second kappa shape index (κ2) is 8.75. The molecule has 1 rings (SSSR count). The number of carbonyl (C=O) groups is 3. The zero-order valence-electron chi connectivity index (χ0n) is 16.9. The van der Waals surface area contributed by atoms with E-state index in [-0.39, 0.29) is 0 Å². The predicted octanol–water partition coefficient (Wildman–Crippen LogP) is 3.71. The lowest BCUT2D eigenvalue weighted by molar-refractivity contribution is -0.121. The smallest absolute Gasteiger partial charge is 0.412 e. The zero-order chi connectivity index (χ0) is 20.8. The van der Waals surface area contributed by atoms with E-state index in [0.29, 0.717) is 11.4 Å². The van der Waals surface area contributed by atoms with Gasteiger partial charge in [0.25, 0.3) is 5.91 Å². The molecule has 0 saturated carbocycles. The van der Waals surface area contributed by atoms with Crippen molar-refractivity contribution in [2.75, 3.05) is 5.32 Å². The van der Waals surface area contributed by atoms with Crippen molar-refractivity contribution in [2.24, 2.45) is 0 Å². The van der Waals surface area contributed by atoms with Crippen LogP contribution in [0.15, 0.2) is 24.3 Å². The lowest BCUT2D eigenvalue weighted by Gasteiger charge is -2.21. The molecule has 1 aromatic carbocycles. The van der Waals surface area contributed by atoms with E-state index in [1.54, 1.807) is 65.8 Å². The van der Waals surface area contributed by atoms with Crippen molar-refractivity contribution in [3.05, 3.63) is 24.3 Å². The Morgan fingerprint density at radius 1 is 0.889 bits per heavy atom. The second-order valence-corrected chi connectivity index (χ2v) is 7.99. The normalized spacial score (nSPS) is 12.6. The molecule has 8 nitrogen and oxygen atoms in total. The van der Waals surface area contributed by atoms with Gasteiger partial charge in [-0.3, -0.25) is 10.1 Å². The molecule has 1 radical (unpaired) electrons. The maximum Gasteiger partial charge on any atom is 0.412 e. The SMILES string of the molecule is C[C@H](NC(=O)OC(C)(C)C)C(=O)[N]c1ccc(NC(=O)OC(C)(C)C)cc1. The first-order valence-electron chi connectivity index (χ1n) is 8.60. The Bertz CT molecular complexity index is 672. The van der Waals surface area contributed by atoms with E-state index >= 15 is 0 Å². The van der Waals surface area contributed by atoms with Gasteiger partial charge in [0, 0.05) is 5.69 Å². The Balaban J connectivity index is 2.55. The van der Waals surface area contributed by atoms with Gasteiger partial charge in [0.15, 0.2) is 0 Å². The van der Waals surface area contributed by atoms with Gasteiger partial charge < -0.3 is 14.8 Å². The fraction of sp³-hybridized carbons (Fsp3) is 0.526. The van der Waals surface area contributed by atoms with Gasteiger partial charge in [-0.05, 0) is 72.7 Å². The van der Waals surface area contributed by atoms with E-state index in [1.807, 2.05) is 0 Å². The molecule has 0 spiro atoms. The maximum absolute atomic E-state index is 12.1. The Morgan fingerprint density at radius 2 is 1.37 bits per heavy atom. The number of alkyl carbamates (subject to hydrolysis) is 1. The van der Waals surface area contributed by atoms with Gasteiger partial charge in [0.2, 0.25) is 0 Å². The average molecular weight is 378 g/mol. The maximum atomic E-state index is 12.1. The van der Waals surface area contributed by atoms with Crippen LogP contribution in [0.2, 0.25) is 0 Å². The highest BCUT2D eigenvalue weighted by atomic mass is 16.6. The van der Waals surface area contributed by atoms with Crippen LogP contribution in [0.1, 0.15) is 48.5 Å². The molecule has 0 aliphatic heterocycles. The third-order valence-electron chi connectivity index (χ3n) is 2.86. The Kier molecular flexibility index (Phi) is 7.21. The third kappa shape index (κ3) is 9.48. The van der Waals surface area contributed by atoms with Crippen molar-refractivity contribution < 1.29 is 23.9 Å². The summed E-state index contributed by atoms with van der Waals surface area (Å²) < 4.78 is 10.3. The molecule has 0 saturated heterocycles. The van der Waals surface area contributed by atoms with Gasteiger partial charge in [-0.15, -0.1) is 0 Å². The fourth-order valence-corrected chi connectivity index (χ4v) is 1.81. The summed E-state index contributed by atoms with van der Waals surface area (Å²) >= 11 is 0. The first kappa shape index (κ1) is 22.3. The van der Waals surface area contributed by atoms with Crippen LogP contribution < -0.4 is 16.0 Å². The molecule has 149 valence electrons. The number of rotatable bonds is 4. The summed E-state index contributed by atoms with van der Waals surface area (Å²) in [5, 5.41) is 8.96. The number of carbonyl (C=O) groups excluding carboxylic acids is 3. The number of hydrogen-bond donors (Lipinski definition) is 2. The van der Waals surface area contributed by atoms with Gasteiger partial charge in [-0.1, -0.05) is 0 Å². The van der Waals surface area contributed by atoms with Crippen LogP contribution in [-0.4, -0.2) is 35.3 Å². The van der Waals surface area contributed by atoms with E-state index in [0.717, 1.165) is 0 Å². The summed E-state index contributed by atoms with van der Waals surface area (Å²) in [6, 6.07) is 5.51. The van der Waals surface area contributed by atoms with Crippen molar-refractivity contribution in [2.45, 2.75) is 65.7 Å². The second-order valence-electron chi connectivity index (χ2n) is 7.99. The summed E-state index contributed by atoms with van der Waals surface area (Å²) in [4.78, 5) is 35.5. The lowest BCUT2D eigenvalue weighted by Crippen LogP contribution is -2.43. The minimum absolute atomic E-state index is 0.396. The number of nitrogens with one attached hydrogen (secondary N) is 2. The molecule has 0 aliphatic carbocycles. The molecular weight excluding hydrogens is 350 g/mol. The molecule has 0 fully saturated rings. The number of amides is 3. The number of ether oxygens (including phenoxy) is 2. The van der Waals surface area contributed by atoms with Crippen LogP contribution in [0.4, 0.5) is 21.0 Å². The first-order valence-corrected chi connectivity index (χ1v) is 8.60. The minimum Gasteiger partial charge on any atom is -0.444 e. The van der Waals surface area contributed by atoms with E-state index in [9.17, 15) is 14.4 Å². The summed E-state index contributed by atoms with van der Waals surface area (Å²) in [7, 11) is 0. The third-order valence-corrected chi connectivity index (χ3v) is 2.86. The molecule has 1 aromatic rings. The number of hydrogen-bond acceptors (Lipinski definition) is 5. The Morgan fingerprint density at radius 3 is 1.85 bits per heavy atom. The van der Waals surface area contributed by atoms with Crippen molar-refractivity contribution in [3.8, 4) is 0 Å². The topological polar surface area (TPSA) is 108 Å². The van der Waals surface area contributed by atoms with Crippen LogP contribution >= 0.6 is 0 Å². The highest BCUT2D eigenvalue weighted by Crippen LogP contribution is 2.16. The van der Waals surface area contributed by atoms with Crippen molar-refractivity contribution in [1.82, 2.24) is 10.6 Å². The Labute approximate surface area is 160 Å². The molecule has 0 heterocycles. The quantitative estimate of drug-likeness (QED) is 0.830. The largest absolute Gasteiger partial charge is 0.444 e. The van der Waals surface area contributed by atoms with Gasteiger partial charge >= 0.3 is 12.2 Å². The first-order chi connectivity index (χ1) is 12.2. The zero-order valence-corrected chi connectivity index (χ0v) is 16.9. The van der Waals surface area contributed by atoms with Crippen LogP contribution in [0.3, 0.4) is 0 Å². The van der Waals surface area contributed by atoms with Gasteiger partial charge in [0.1, 0.15) is 17.2 Å². The molecule has 27 heavy (non-hydrogen) atoms. The van der Waals surface area contributed by atoms with E-state index in [4.69, 9.17) is 9.47 Å². The molecule has 0 aromatic heterocycles. The van der Waals surface area contributed by atoms with Gasteiger partial charge in [-0.25, -0.2) is 14.9 Å². The van der Waals surface area contributed by atoms with Crippen molar-refractivity contribution >= 4 is 29.5 Å². The summed E-state index contributed by atoms with van der Waals surface area (Å²) in [5.41, 5.74) is -0.340. The van der Waals surface area contributed by atoms with Crippen LogP contribution in [0, 0.1) is 0 Å². The standard InChI is InChI=1S/C19H28N3O5/c1-12(20-16(24)26-18(2,3)4)15(23)21-13-8-10-14(11-9-13)22-17(25)27-19(5,6)7/h8-12H,1-7H3,(H,20,24)(H,22,25)/t12-/m0/s1. The van der Waals surface area contributed by atoms with Crippen molar-refractivity contribution in [3.63, 3.8) is 0 Å². The molecule has 2 N–H and O–H groups in total. The number of benzene rings is 1. The molecule has 3 amide bonds. The van der Waals surface area contributed by atoms with Crippen molar-refractivity contribution in [1.29, 1.82) is 0 Å². The van der Waals surface area contributed by atoms with E-state index in [2.05, 4.69) is 16.0 Å². The minimum atomic E-state index is -0.834. The highest BCUT2D eigenvalue weighted by molar-refractivity contribution is 5.89. The van der Waals surface area contributed by atoms with Crippen LogP contribution in [0.5, 0.6) is 0 Å². The number of anilines is 1. The lowest BCUT2D eigenvalue weighted by atomic mass is 10.2. The molecule has 0 unspecified atom stereocenters. The summed E-state index contributed by atoms with van der Waals surface area (Å²) in [5.74, 6) is -0.520. The Hall–Kier alpha value is -2.77. The average Bonchev–Trinajstić information content (AvgIpc) is 2.45. The van der Waals surface area contributed by atoms with E-state index < -0.39 is 35.3 Å².